The van der Waals surface area contributed by atoms with E-state index in [0.717, 1.165) is 18.8 Å². The van der Waals surface area contributed by atoms with E-state index in [4.69, 9.17) is 23.7 Å². The number of methoxy groups -OCH3 is 1. The summed E-state index contributed by atoms with van der Waals surface area (Å²) < 4.78 is 28.3. The third kappa shape index (κ3) is 21.4. The first-order valence-electron chi connectivity index (χ1n) is 12.1. The highest BCUT2D eigenvalue weighted by atomic mass is 32.1. The third-order valence-corrected chi connectivity index (χ3v) is 5.27. The lowest BCUT2D eigenvalue weighted by Crippen LogP contribution is -2.28. The minimum absolute atomic E-state index is 0.0390. The van der Waals surface area contributed by atoms with E-state index in [2.05, 4.69) is 19.6 Å². The minimum Gasteiger partial charge on any atom is -0.382 e. The Bertz CT molecular complexity index is 346. The molecule has 182 valence electrons. The molecular formula is C24H50O5S. The summed E-state index contributed by atoms with van der Waals surface area (Å²) in [5.74, 6) is 1.03. The monoisotopic (exact) mass is 450 g/mol. The van der Waals surface area contributed by atoms with Crippen LogP contribution in [0.1, 0.15) is 85.5 Å². The molecule has 0 radical (unpaired) electrons. The lowest BCUT2D eigenvalue weighted by atomic mass is 10.1. The molecule has 0 aromatic carbocycles. The Hall–Kier alpha value is 0.150. The fourth-order valence-electron chi connectivity index (χ4n) is 3.06. The van der Waals surface area contributed by atoms with Gasteiger partial charge in [-0.05, 0) is 46.3 Å². The Morgan fingerprint density at radius 1 is 0.500 bits per heavy atom. The Morgan fingerprint density at radius 3 is 1.30 bits per heavy atom. The molecule has 0 saturated carbocycles. The smallest absolute Gasteiger partial charge is 0.0781 e. The predicted molar refractivity (Wildman–Crippen MR) is 129 cm³/mol. The molecule has 30 heavy (non-hydrogen) atoms. The fraction of sp³-hybridized carbons (Fsp3) is 1.00. The van der Waals surface area contributed by atoms with Crippen LogP contribution in [0.2, 0.25) is 0 Å². The highest BCUT2D eigenvalue weighted by Crippen LogP contribution is 2.10. The summed E-state index contributed by atoms with van der Waals surface area (Å²) in [5.41, 5.74) is 0. The maximum absolute atomic E-state index is 5.87. The summed E-state index contributed by atoms with van der Waals surface area (Å²) in [4.78, 5) is 0. The molecular weight excluding hydrogens is 400 g/mol. The van der Waals surface area contributed by atoms with Gasteiger partial charge < -0.3 is 23.7 Å². The highest BCUT2D eigenvalue weighted by Gasteiger charge is 2.11. The predicted octanol–water partition coefficient (Wildman–Crippen LogP) is 5.69. The molecule has 0 heterocycles. The molecule has 4 atom stereocenters. The van der Waals surface area contributed by atoms with E-state index < -0.39 is 0 Å². The molecule has 4 unspecified atom stereocenters. The van der Waals surface area contributed by atoms with Crippen LogP contribution in [0.4, 0.5) is 0 Å². The summed E-state index contributed by atoms with van der Waals surface area (Å²) >= 11 is 4.25. The van der Waals surface area contributed by atoms with Gasteiger partial charge in [0.2, 0.25) is 0 Å². The first kappa shape index (κ1) is 30.1. The van der Waals surface area contributed by atoms with E-state index in [-0.39, 0.29) is 24.4 Å². The topological polar surface area (TPSA) is 46.2 Å². The van der Waals surface area contributed by atoms with Gasteiger partial charge in [0.15, 0.2) is 0 Å². The van der Waals surface area contributed by atoms with Crippen LogP contribution in [0.25, 0.3) is 0 Å². The molecule has 0 aliphatic rings. The van der Waals surface area contributed by atoms with Gasteiger partial charge in [-0.1, -0.05) is 44.9 Å². The van der Waals surface area contributed by atoms with Crippen molar-refractivity contribution in [2.24, 2.45) is 0 Å². The fourth-order valence-corrected chi connectivity index (χ4v) is 3.29. The Morgan fingerprint density at radius 2 is 0.867 bits per heavy atom. The van der Waals surface area contributed by atoms with Gasteiger partial charge in [-0.15, -0.1) is 0 Å². The number of hydrogen-bond acceptors (Lipinski definition) is 6. The zero-order valence-electron chi connectivity index (χ0n) is 20.4. The van der Waals surface area contributed by atoms with Crippen LogP contribution in [0, 0.1) is 0 Å². The molecule has 0 amide bonds. The van der Waals surface area contributed by atoms with Crippen LogP contribution in [-0.4, -0.2) is 70.3 Å². The Balaban J connectivity index is 3.47. The van der Waals surface area contributed by atoms with E-state index >= 15 is 0 Å². The van der Waals surface area contributed by atoms with Crippen molar-refractivity contribution in [2.45, 2.75) is 110 Å². The number of rotatable bonds is 23. The second-order valence-corrected chi connectivity index (χ2v) is 8.92. The second kappa shape index (κ2) is 22.3. The molecule has 0 rings (SSSR count). The normalized spacial score (nSPS) is 15.8. The van der Waals surface area contributed by atoms with Gasteiger partial charge >= 0.3 is 0 Å². The summed E-state index contributed by atoms with van der Waals surface area (Å²) in [6.07, 6.45) is 12.1. The molecule has 6 heteroatoms. The van der Waals surface area contributed by atoms with Crippen LogP contribution < -0.4 is 0 Å². The molecule has 5 nitrogen and oxygen atoms in total. The van der Waals surface area contributed by atoms with Crippen LogP contribution in [-0.2, 0) is 23.7 Å². The van der Waals surface area contributed by atoms with Crippen molar-refractivity contribution in [1.82, 2.24) is 0 Å². The van der Waals surface area contributed by atoms with E-state index in [1.165, 1.54) is 51.4 Å². The largest absolute Gasteiger partial charge is 0.382 e. The quantitative estimate of drug-likeness (QED) is 0.160. The molecule has 0 aromatic heterocycles. The first-order chi connectivity index (χ1) is 14.5. The SMILES string of the molecule is COCC(C)OCC(C)OCC(C)OCC(C)OCCCCCCCCCCCS. The summed E-state index contributed by atoms with van der Waals surface area (Å²) in [5, 5.41) is 0. The van der Waals surface area contributed by atoms with Gasteiger partial charge in [-0.25, -0.2) is 0 Å². The van der Waals surface area contributed by atoms with Gasteiger partial charge in [0.1, 0.15) is 0 Å². The van der Waals surface area contributed by atoms with E-state index in [1.54, 1.807) is 7.11 Å². The maximum Gasteiger partial charge on any atom is 0.0781 e. The highest BCUT2D eigenvalue weighted by molar-refractivity contribution is 7.80. The van der Waals surface area contributed by atoms with Crippen molar-refractivity contribution in [2.75, 3.05) is 45.9 Å². The van der Waals surface area contributed by atoms with Gasteiger partial charge in [0.05, 0.1) is 50.8 Å². The molecule has 0 aliphatic carbocycles. The van der Waals surface area contributed by atoms with Crippen molar-refractivity contribution >= 4 is 12.6 Å². The average Bonchev–Trinajstić information content (AvgIpc) is 2.73. The van der Waals surface area contributed by atoms with Crippen molar-refractivity contribution in [3.8, 4) is 0 Å². The maximum atomic E-state index is 5.87. The molecule has 0 bridgehead atoms. The molecule has 0 saturated heterocycles. The second-order valence-electron chi connectivity index (χ2n) is 8.47. The van der Waals surface area contributed by atoms with Crippen molar-refractivity contribution in [1.29, 1.82) is 0 Å². The van der Waals surface area contributed by atoms with Gasteiger partial charge in [0.25, 0.3) is 0 Å². The number of ether oxygens (including phenoxy) is 5. The first-order valence-corrected chi connectivity index (χ1v) is 12.7. The average molecular weight is 451 g/mol. The Labute approximate surface area is 192 Å². The molecule has 0 aromatic rings. The van der Waals surface area contributed by atoms with Crippen LogP contribution in [0.15, 0.2) is 0 Å². The number of thiol groups is 1. The summed E-state index contributed by atoms with van der Waals surface area (Å²) in [7, 11) is 1.68. The van der Waals surface area contributed by atoms with Gasteiger partial charge in [-0.3, -0.25) is 0 Å². The van der Waals surface area contributed by atoms with E-state index in [1.807, 2.05) is 20.8 Å². The van der Waals surface area contributed by atoms with Gasteiger partial charge in [0, 0.05) is 13.7 Å². The van der Waals surface area contributed by atoms with Crippen molar-refractivity contribution < 1.29 is 23.7 Å². The van der Waals surface area contributed by atoms with E-state index in [0.29, 0.717) is 26.4 Å². The van der Waals surface area contributed by atoms with Crippen LogP contribution in [0.5, 0.6) is 0 Å². The third-order valence-electron chi connectivity index (χ3n) is 4.95. The van der Waals surface area contributed by atoms with Crippen LogP contribution >= 0.6 is 12.6 Å². The lowest BCUT2D eigenvalue weighted by molar-refractivity contribution is -0.0905. The van der Waals surface area contributed by atoms with Crippen molar-refractivity contribution in [3.63, 3.8) is 0 Å². The van der Waals surface area contributed by atoms with Crippen LogP contribution in [0.3, 0.4) is 0 Å². The summed E-state index contributed by atoms with van der Waals surface area (Å²) in [6.45, 7) is 11.3. The number of hydrogen-bond donors (Lipinski definition) is 1. The Kier molecular flexibility index (Phi) is 22.5. The van der Waals surface area contributed by atoms with Crippen molar-refractivity contribution in [3.05, 3.63) is 0 Å². The summed E-state index contributed by atoms with van der Waals surface area (Å²) in [6, 6.07) is 0. The van der Waals surface area contributed by atoms with Gasteiger partial charge in [-0.2, -0.15) is 12.6 Å². The van der Waals surface area contributed by atoms with E-state index in [9.17, 15) is 0 Å². The zero-order chi connectivity index (χ0) is 22.5. The zero-order valence-corrected chi connectivity index (χ0v) is 21.3. The molecule has 0 aliphatic heterocycles. The molecule has 0 fully saturated rings. The standard InChI is InChI=1S/C24H50O5S/c1-21(17-25-5)27-19-23(3)29-20-24(4)28-18-22(2)26-15-13-11-9-7-6-8-10-12-14-16-30/h21-24,30H,6-20H2,1-5H3. The minimum atomic E-state index is 0.0390. The molecule has 0 spiro atoms. The molecule has 0 N–H and O–H groups in total. The number of unbranched alkanes of at least 4 members (excludes halogenated alkanes) is 8. The lowest BCUT2D eigenvalue weighted by Gasteiger charge is -2.21.